The maximum atomic E-state index is 12.3. The van der Waals surface area contributed by atoms with Crippen molar-refractivity contribution in [1.29, 1.82) is 0 Å². The number of amidine groups is 1. The van der Waals surface area contributed by atoms with Gasteiger partial charge in [-0.25, -0.2) is 13.2 Å². The highest BCUT2D eigenvalue weighted by Gasteiger charge is 2.27. The molecule has 1 unspecified atom stereocenters. The normalized spacial score (nSPS) is 18.1. The third kappa shape index (κ3) is 4.96. The summed E-state index contributed by atoms with van der Waals surface area (Å²) in [6, 6.07) is 6.34. The molecule has 1 aromatic rings. The van der Waals surface area contributed by atoms with E-state index in [9.17, 15) is 22.8 Å². The van der Waals surface area contributed by atoms with Crippen LogP contribution in [0.5, 0.6) is 0 Å². The van der Waals surface area contributed by atoms with Gasteiger partial charge < -0.3 is 15.0 Å². The highest BCUT2D eigenvalue weighted by atomic mass is 32.2. The van der Waals surface area contributed by atoms with Crippen LogP contribution in [0.4, 0.5) is 5.69 Å². The van der Waals surface area contributed by atoms with E-state index in [2.05, 4.69) is 9.71 Å². The standard InChI is InChI=1S/C19H19N3O6S/c1-12(23)14-3-6-16(7-4-14)20-18(24)13(2)28-19(25)15-5-8-17-21-29(26,27)10-9-22(17)11-15/h3-8,11,13H,9-10H2,1-2H3,(H,20,24). The monoisotopic (exact) mass is 417 g/mol. The summed E-state index contributed by atoms with van der Waals surface area (Å²) >= 11 is 0. The number of carbonyl (C=O) groups is 3. The minimum absolute atomic E-state index is 0.0847. The zero-order valence-electron chi connectivity index (χ0n) is 15.8. The van der Waals surface area contributed by atoms with Crippen molar-refractivity contribution >= 4 is 39.2 Å². The third-order valence-electron chi connectivity index (χ3n) is 4.27. The molecular weight excluding hydrogens is 398 g/mol. The number of nitrogens with zero attached hydrogens (tertiary/aromatic N) is 2. The van der Waals surface area contributed by atoms with Gasteiger partial charge >= 0.3 is 5.97 Å². The van der Waals surface area contributed by atoms with Gasteiger partial charge in [-0.1, -0.05) is 0 Å². The molecule has 1 atom stereocenters. The number of ether oxygens (including phenoxy) is 1. The lowest BCUT2D eigenvalue weighted by Crippen LogP contribution is -2.37. The highest BCUT2D eigenvalue weighted by Crippen LogP contribution is 2.17. The molecule has 0 aromatic heterocycles. The summed E-state index contributed by atoms with van der Waals surface area (Å²) in [4.78, 5) is 37.4. The van der Waals surface area contributed by atoms with Gasteiger partial charge in [-0.15, -0.1) is 4.40 Å². The van der Waals surface area contributed by atoms with Crippen LogP contribution in [0.3, 0.4) is 0 Å². The van der Waals surface area contributed by atoms with Crippen molar-refractivity contribution in [3.8, 4) is 0 Å². The Morgan fingerprint density at radius 1 is 1.17 bits per heavy atom. The van der Waals surface area contributed by atoms with E-state index in [1.807, 2.05) is 0 Å². The molecular formula is C19H19N3O6S. The lowest BCUT2D eigenvalue weighted by Gasteiger charge is -2.27. The molecule has 1 N–H and O–H groups in total. The Hall–Kier alpha value is -3.27. The molecule has 10 heteroatoms. The molecule has 0 saturated carbocycles. The van der Waals surface area contributed by atoms with Crippen LogP contribution in [-0.2, 0) is 24.3 Å². The molecule has 1 aromatic carbocycles. The predicted octanol–water partition coefficient (Wildman–Crippen LogP) is 1.26. The number of carbonyl (C=O) groups excluding carboxylic acids is 3. The lowest BCUT2D eigenvalue weighted by molar-refractivity contribution is -0.149. The molecule has 1 amide bonds. The first-order valence-corrected chi connectivity index (χ1v) is 10.4. The fraction of sp³-hybridized carbons (Fsp3) is 0.263. The summed E-state index contributed by atoms with van der Waals surface area (Å²) < 4.78 is 31.9. The van der Waals surface area contributed by atoms with Gasteiger partial charge in [0.15, 0.2) is 11.9 Å². The number of anilines is 1. The fourth-order valence-electron chi connectivity index (χ4n) is 2.64. The van der Waals surface area contributed by atoms with Gasteiger partial charge in [-0.05, 0) is 50.3 Å². The van der Waals surface area contributed by atoms with Crippen molar-refractivity contribution in [3.05, 3.63) is 53.8 Å². The van der Waals surface area contributed by atoms with Crippen LogP contribution in [-0.4, -0.2) is 55.2 Å². The summed E-state index contributed by atoms with van der Waals surface area (Å²) in [5.41, 5.74) is 1.16. The molecule has 2 aliphatic rings. The minimum Gasteiger partial charge on any atom is -0.449 e. The number of ketones is 1. The topological polar surface area (TPSA) is 122 Å². The fourth-order valence-corrected chi connectivity index (χ4v) is 3.61. The second-order valence-electron chi connectivity index (χ2n) is 6.52. The van der Waals surface area contributed by atoms with Gasteiger partial charge in [0.2, 0.25) is 0 Å². The third-order valence-corrected chi connectivity index (χ3v) is 5.44. The molecule has 29 heavy (non-hydrogen) atoms. The molecule has 0 bridgehead atoms. The molecule has 0 aliphatic carbocycles. The quantitative estimate of drug-likeness (QED) is 0.565. The number of hydrogen-bond acceptors (Lipinski definition) is 7. The van der Waals surface area contributed by atoms with E-state index in [1.165, 1.54) is 32.2 Å². The maximum Gasteiger partial charge on any atom is 0.340 e. The summed E-state index contributed by atoms with van der Waals surface area (Å²) in [5.74, 6) is -1.25. The van der Waals surface area contributed by atoms with Crippen molar-refractivity contribution in [2.45, 2.75) is 20.0 Å². The smallest absolute Gasteiger partial charge is 0.340 e. The summed E-state index contributed by atoms with van der Waals surface area (Å²) in [7, 11) is -3.48. The Balaban J connectivity index is 1.60. The summed E-state index contributed by atoms with van der Waals surface area (Å²) in [6.07, 6.45) is 3.18. The van der Waals surface area contributed by atoms with Gasteiger partial charge in [0.25, 0.3) is 15.9 Å². The first kappa shape index (κ1) is 20.5. The van der Waals surface area contributed by atoms with Crippen LogP contribution in [0.1, 0.15) is 24.2 Å². The number of Topliss-reactive ketones (excluding diaryl/α,β-unsaturated/α-hetero) is 1. The lowest BCUT2D eigenvalue weighted by atomic mass is 10.1. The van der Waals surface area contributed by atoms with E-state index in [0.717, 1.165) is 0 Å². The van der Waals surface area contributed by atoms with E-state index >= 15 is 0 Å². The van der Waals surface area contributed by atoms with Gasteiger partial charge in [0, 0.05) is 24.0 Å². The van der Waals surface area contributed by atoms with Crippen molar-refractivity contribution in [2.75, 3.05) is 17.6 Å². The van der Waals surface area contributed by atoms with E-state index in [0.29, 0.717) is 11.3 Å². The van der Waals surface area contributed by atoms with Crippen LogP contribution in [0.15, 0.2) is 52.6 Å². The number of rotatable bonds is 5. The largest absolute Gasteiger partial charge is 0.449 e. The summed E-state index contributed by atoms with van der Waals surface area (Å²) in [5, 5.41) is 2.61. The number of nitrogens with one attached hydrogen (secondary N) is 1. The average molecular weight is 417 g/mol. The van der Waals surface area contributed by atoms with Crippen molar-refractivity contribution < 1.29 is 27.5 Å². The number of sulfonamides is 1. The predicted molar refractivity (Wildman–Crippen MR) is 106 cm³/mol. The Kier molecular flexibility index (Phi) is 5.64. The molecule has 3 rings (SSSR count). The van der Waals surface area contributed by atoms with E-state index < -0.39 is 28.0 Å². The molecule has 152 valence electrons. The first-order chi connectivity index (χ1) is 13.6. The second-order valence-corrected chi connectivity index (χ2v) is 8.27. The van der Waals surface area contributed by atoms with Crippen LogP contribution >= 0.6 is 0 Å². The average Bonchev–Trinajstić information content (AvgIpc) is 2.67. The maximum absolute atomic E-state index is 12.3. The Morgan fingerprint density at radius 2 is 1.86 bits per heavy atom. The molecule has 9 nitrogen and oxygen atoms in total. The van der Waals surface area contributed by atoms with E-state index in [4.69, 9.17) is 4.74 Å². The van der Waals surface area contributed by atoms with E-state index in [1.54, 1.807) is 29.2 Å². The Labute approximate surface area is 167 Å². The SMILES string of the molecule is CC(=O)c1ccc(NC(=O)C(C)OC(=O)C2=CN3CCS(=O)(=O)N=C3C=C2)cc1. The molecule has 0 spiro atoms. The molecule has 2 heterocycles. The molecule has 0 radical (unpaired) electrons. The van der Waals surface area contributed by atoms with Crippen molar-refractivity contribution in [2.24, 2.45) is 4.40 Å². The number of esters is 1. The number of fused-ring (bicyclic) bond motifs is 1. The van der Waals surface area contributed by atoms with Gasteiger partial charge in [-0.2, -0.15) is 0 Å². The van der Waals surface area contributed by atoms with E-state index in [-0.39, 0.29) is 29.5 Å². The van der Waals surface area contributed by atoms with Gasteiger partial charge in [0.05, 0.1) is 11.3 Å². The number of hydrogen-bond donors (Lipinski definition) is 1. The van der Waals surface area contributed by atoms with Crippen LogP contribution < -0.4 is 5.32 Å². The summed E-state index contributed by atoms with van der Waals surface area (Å²) in [6.45, 7) is 3.06. The van der Waals surface area contributed by atoms with Crippen LogP contribution in [0, 0.1) is 0 Å². The zero-order valence-corrected chi connectivity index (χ0v) is 16.6. The molecule has 2 aliphatic heterocycles. The molecule has 0 saturated heterocycles. The second kappa shape index (κ2) is 8.00. The Morgan fingerprint density at radius 3 is 2.52 bits per heavy atom. The van der Waals surface area contributed by atoms with Gasteiger partial charge in [0.1, 0.15) is 5.84 Å². The Bertz CT molecular complexity index is 1050. The van der Waals surface area contributed by atoms with Gasteiger partial charge in [-0.3, -0.25) is 9.59 Å². The minimum atomic E-state index is -3.48. The van der Waals surface area contributed by atoms with Crippen LogP contribution in [0.25, 0.3) is 0 Å². The number of benzene rings is 1. The number of amides is 1. The highest BCUT2D eigenvalue weighted by molar-refractivity contribution is 7.90. The van der Waals surface area contributed by atoms with Crippen molar-refractivity contribution in [1.82, 2.24) is 4.90 Å². The zero-order chi connectivity index (χ0) is 21.2. The van der Waals surface area contributed by atoms with Crippen LogP contribution in [0.2, 0.25) is 0 Å². The molecule has 0 fully saturated rings. The first-order valence-electron chi connectivity index (χ1n) is 8.77. The van der Waals surface area contributed by atoms with Crippen molar-refractivity contribution in [3.63, 3.8) is 0 Å².